The van der Waals surface area contributed by atoms with E-state index in [4.69, 9.17) is 4.74 Å². The summed E-state index contributed by atoms with van der Waals surface area (Å²) in [4.78, 5) is 2.59. The van der Waals surface area contributed by atoms with Crippen molar-refractivity contribution in [3.05, 3.63) is 51.0 Å². The van der Waals surface area contributed by atoms with E-state index >= 15 is 0 Å². The fourth-order valence-electron chi connectivity index (χ4n) is 2.49. The molecule has 0 fully saturated rings. The molecule has 2 rings (SSSR count). The van der Waals surface area contributed by atoms with Crippen molar-refractivity contribution in [2.75, 3.05) is 13.7 Å². The Morgan fingerprint density at radius 3 is 2.62 bits per heavy atom. The number of rotatable bonds is 6. The third-order valence-electron chi connectivity index (χ3n) is 3.50. The molecule has 0 radical (unpaired) electrons. The molecule has 1 aromatic heterocycles. The average molecular weight is 307 g/mol. The molecular weight excluding hydrogens is 285 g/mol. The second-order valence-corrected chi connectivity index (χ2v) is 6.61. The standard InChI is InChI=1S/C17H22FNOS/c1-5-8-19-17(14-9-11(2)21-12(14)3)13-6-7-15(18)16(10-13)20-4/h6-7,9-10,17,19H,5,8H2,1-4H3. The first-order valence-corrected chi connectivity index (χ1v) is 8.02. The normalized spacial score (nSPS) is 12.4. The van der Waals surface area contributed by atoms with Crippen LogP contribution in [-0.4, -0.2) is 13.7 Å². The van der Waals surface area contributed by atoms with Crippen molar-refractivity contribution in [3.63, 3.8) is 0 Å². The highest BCUT2D eigenvalue weighted by molar-refractivity contribution is 7.12. The van der Waals surface area contributed by atoms with Crippen LogP contribution in [0.5, 0.6) is 5.75 Å². The minimum atomic E-state index is -0.325. The molecule has 4 heteroatoms. The Labute approximate surface area is 130 Å². The minimum absolute atomic E-state index is 0.0735. The molecule has 0 spiro atoms. The fourth-order valence-corrected chi connectivity index (χ4v) is 3.45. The molecule has 0 aliphatic heterocycles. The number of hydrogen-bond acceptors (Lipinski definition) is 3. The number of benzene rings is 1. The lowest BCUT2D eigenvalue weighted by molar-refractivity contribution is 0.385. The number of ether oxygens (including phenoxy) is 1. The highest BCUT2D eigenvalue weighted by Gasteiger charge is 2.19. The lowest BCUT2D eigenvalue weighted by Crippen LogP contribution is -2.23. The molecule has 1 atom stereocenters. The van der Waals surface area contributed by atoms with E-state index < -0.39 is 0 Å². The van der Waals surface area contributed by atoms with E-state index in [0.29, 0.717) is 5.75 Å². The van der Waals surface area contributed by atoms with E-state index in [1.54, 1.807) is 17.4 Å². The Morgan fingerprint density at radius 2 is 2.05 bits per heavy atom. The summed E-state index contributed by atoms with van der Waals surface area (Å²) in [5.41, 5.74) is 2.29. The van der Waals surface area contributed by atoms with Crippen LogP contribution in [0.15, 0.2) is 24.3 Å². The van der Waals surface area contributed by atoms with Crippen LogP contribution in [0.3, 0.4) is 0 Å². The highest BCUT2D eigenvalue weighted by Crippen LogP contribution is 2.32. The molecule has 2 aromatic rings. The monoisotopic (exact) mass is 307 g/mol. The minimum Gasteiger partial charge on any atom is -0.494 e. The van der Waals surface area contributed by atoms with Crippen LogP contribution in [0.25, 0.3) is 0 Å². The van der Waals surface area contributed by atoms with Gasteiger partial charge in [0.2, 0.25) is 0 Å². The summed E-state index contributed by atoms with van der Waals surface area (Å²) in [6.45, 7) is 7.30. The second kappa shape index (κ2) is 7.05. The summed E-state index contributed by atoms with van der Waals surface area (Å²) in [6, 6.07) is 7.38. The van der Waals surface area contributed by atoms with E-state index in [9.17, 15) is 4.39 Å². The zero-order valence-electron chi connectivity index (χ0n) is 13.0. The molecule has 0 aliphatic carbocycles. The van der Waals surface area contributed by atoms with E-state index in [1.807, 2.05) is 6.07 Å². The van der Waals surface area contributed by atoms with Crippen molar-refractivity contribution in [3.8, 4) is 5.75 Å². The van der Waals surface area contributed by atoms with Crippen LogP contribution in [-0.2, 0) is 0 Å². The van der Waals surface area contributed by atoms with Gasteiger partial charge in [-0.25, -0.2) is 4.39 Å². The van der Waals surface area contributed by atoms with Gasteiger partial charge >= 0.3 is 0 Å². The first-order chi connectivity index (χ1) is 10.1. The number of nitrogens with one attached hydrogen (secondary N) is 1. The van der Waals surface area contributed by atoms with Crippen LogP contribution in [0.1, 0.15) is 40.3 Å². The van der Waals surface area contributed by atoms with Gasteiger partial charge in [-0.15, -0.1) is 11.3 Å². The first kappa shape index (κ1) is 16.0. The summed E-state index contributed by atoms with van der Waals surface area (Å²) in [7, 11) is 1.50. The van der Waals surface area contributed by atoms with E-state index in [1.165, 1.54) is 28.5 Å². The predicted octanol–water partition coefficient (Wildman–Crippen LogP) is 4.60. The van der Waals surface area contributed by atoms with Crippen LogP contribution in [0.2, 0.25) is 0 Å². The molecular formula is C17H22FNOS. The van der Waals surface area contributed by atoms with Crippen molar-refractivity contribution < 1.29 is 9.13 Å². The molecule has 1 heterocycles. The molecule has 2 nitrogen and oxygen atoms in total. The van der Waals surface area contributed by atoms with Crippen LogP contribution in [0, 0.1) is 19.7 Å². The molecule has 21 heavy (non-hydrogen) atoms. The Morgan fingerprint density at radius 1 is 1.29 bits per heavy atom. The van der Waals surface area contributed by atoms with Gasteiger partial charge in [-0.2, -0.15) is 0 Å². The van der Waals surface area contributed by atoms with Gasteiger partial charge in [0.05, 0.1) is 13.2 Å². The van der Waals surface area contributed by atoms with Crippen LogP contribution < -0.4 is 10.1 Å². The Hall–Kier alpha value is -1.39. The molecule has 1 unspecified atom stereocenters. The Bertz CT molecular complexity index is 609. The number of methoxy groups -OCH3 is 1. The molecule has 1 aromatic carbocycles. The number of thiophene rings is 1. The smallest absolute Gasteiger partial charge is 0.165 e. The summed E-state index contributed by atoms with van der Waals surface area (Å²) in [5, 5.41) is 3.56. The zero-order valence-corrected chi connectivity index (χ0v) is 13.8. The van der Waals surface area contributed by atoms with Crippen molar-refractivity contribution in [1.29, 1.82) is 0 Å². The molecule has 0 aliphatic rings. The van der Waals surface area contributed by atoms with Crippen molar-refractivity contribution >= 4 is 11.3 Å². The number of hydrogen-bond donors (Lipinski definition) is 1. The summed E-state index contributed by atoms with van der Waals surface area (Å²) in [6.07, 6.45) is 1.05. The number of aryl methyl sites for hydroxylation is 2. The zero-order chi connectivity index (χ0) is 15.4. The van der Waals surface area contributed by atoms with Gasteiger partial charge in [-0.05, 0) is 56.1 Å². The van der Waals surface area contributed by atoms with Gasteiger partial charge in [-0.3, -0.25) is 0 Å². The van der Waals surface area contributed by atoms with E-state index in [2.05, 4.69) is 32.2 Å². The number of halogens is 1. The van der Waals surface area contributed by atoms with E-state index in [-0.39, 0.29) is 11.9 Å². The van der Waals surface area contributed by atoms with Crippen molar-refractivity contribution in [1.82, 2.24) is 5.32 Å². The largest absolute Gasteiger partial charge is 0.494 e. The Kier molecular flexibility index (Phi) is 5.37. The maximum atomic E-state index is 13.6. The molecule has 0 amide bonds. The topological polar surface area (TPSA) is 21.3 Å². The summed E-state index contributed by atoms with van der Waals surface area (Å²) in [5.74, 6) is -0.0332. The fraction of sp³-hybridized carbons (Fsp3) is 0.412. The SMILES string of the molecule is CCCNC(c1ccc(F)c(OC)c1)c1cc(C)sc1C. The highest BCUT2D eigenvalue weighted by atomic mass is 32.1. The first-order valence-electron chi connectivity index (χ1n) is 7.20. The maximum Gasteiger partial charge on any atom is 0.165 e. The average Bonchev–Trinajstić information content (AvgIpc) is 2.79. The Balaban J connectivity index is 2.42. The van der Waals surface area contributed by atoms with Crippen molar-refractivity contribution in [2.24, 2.45) is 0 Å². The molecule has 1 N–H and O–H groups in total. The van der Waals surface area contributed by atoms with Crippen molar-refractivity contribution in [2.45, 2.75) is 33.2 Å². The maximum absolute atomic E-state index is 13.6. The van der Waals surface area contributed by atoms with Gasteiger partial charge in [0.25, 0.3) is 0 Å². The van der Waals surface area contributed by atoms with E-state index in [0.717, 1.165) is 18.5 Å². The molecule has 0 saturated carbocycles. The third kappa shape index (κ3) is 3.63. The van der Waals surface area contributed by atoms with Gasteiger partial charge in [0, 0.05) is 9.75 Å². The van der Waals surface area contributed by atoms with Gasteiger partial charge < -0.3 is 10.1 Å². The van der Waals surface area contributed by atoms with Crippen LogP contribution >= 0.6 is 11.3 Å². The third-order valence-corrected chi connectivity index (χ3v) is 4.48. The molecule has 0 bridgehead atoms. The van der Waals surface area contributed by atoms with Gasteiger partial charge in [-0.1, -0.05) is 13.0 Å². The lowest BCUT2D eigenvalue weighted by Gasteiger charge is -2.20. The van der Waals surface area contributed by atoms with Gasteiger partial charge in [0.15, 0.2) is 11.6 Å². The quantitative estimate of drug-likeness (QED) is 0.842. The lowest BCUT2D eigenvalue weighted by atomic mass is 9.98. The molecule has 0 saturated heterocycles. The summed E-state index contributed by atoms with van der Waals surface area (Å²) >= 11 is 1.79. The van der Waals surface area contributed by atoms with Crippen LogP contribution in [0.4, 0.5) is 4.39 Å². The van der Waals surface area contributed by atoms with Gasteiger partial charge in [0.1, 0.15) is 0 Å². The molecule has 114 valence electrons. The second-order valence-electron chi connectivity index (χ2n) is 5.15. The summed E-state index contributed by atoms with van der Waals surface area (Å²) < 4.78 is 18.7. The predicted molar refractivity (Wildman–Crippen MR) is 86.9 cm³/mol.